The molecule has 0 aliphatic heterocycles. The van der Waals surface area contributed by atoms with Gasteiger partial charge in [0.25, 0.3) is 0 Å². The molecule has 0 aromatic heterocycles. The van der Waals surface area contributed by atoms with Crippen LogP contribution in [0, 0.1) is 0 Å². The summed E-state index contributed by atoms with van der Waals surface area (Å²) in [5.74, 6) is -0.393. The van der Waals surface area contributed by atoms with Crippen molar-refractivity contribution in [1.29, 1.82) is 0 Å². The first-order valence-corrected chi connectivity index (χ1v) is 8.69. The molecule has 6 heteroatoms. The van der Waals surface area contributed by atoms with Gasteiger partial charge in [0, 0.05) is 5.88 Å². The Morgan fingerprint density at radius 3 is 2.04 bits per heavy atom. The second-order valence-electron chi connectivity index (χ2n) is 6.12. The van der Waals surface area contributed by atoms with Crippen LogP contribution in [0.4, 0.5) is 13.2 Å². The van der Waals surface area contributed by atoms with Gasteiger partial charge in [-0.2, -0.15) is 13.2 Å². The molecule has 0 atom stereocenters. The third-order valence-corrected chi connectivity index (χ3v) is 4.76. The molecule has 2 aromatic carbocycles. The predicted molar refractivity (Wildman–Crippen MR) is 96.2 cm³/mol. The fourth-order valence-corrected chi connectivity index (χ4v) is 3.66. The zero-order valence-electron chi connectivity index (χ0n) is 13.8. The van der Waals surface area contributed by atoms with Crippen LogP contribution in [0.2, 0.25) is 0 Å². The molecule has 1 N–H and O–H groups in total. The summed E-state index contributed by atoms with van der Waals surface area (Å²) in [5, 5.41) is 2.08. The number of benzene rings is 2. The number of halogens is 4. The van der Waals surface area contributed by atoms with E-state index in [1.807, 2.05) is 24.3 Å². The molecule has 1 aliphatic rings. The van der Waals surface area contributed by atoms with E-state index in [4.69, 9.17) is 11.6 Å². The first kappa shape index (κ1) is 18.5. The number of amides is 1. The highest BCUT2D eigenvalue weighted by atomic mass is 35.5. The minimum atomic E-state index is -4.47. The smallest absolute Gasteiger partial charge is 0.346 e. The van der Waals surface area contributed by atoms with E-state index in [0.29, 0.717) is 11.1 Å². The fraction of sp³-hybridized carbons (Fsp3) is 0.250. The van der Waals surface area contributed by atoms with Gasteiger partial charge in [-0.15, -0.1) is 11.6 Å². The Balaban J connectivity index is 2.14. The zero-order valence-corrected chi connectivity index (χ0v) is 14.6. The summed E-state index contributed by atoms with van der Waals surface area (Å²) in [6.45, 7) is -1.36. The summed E-state index contributed by atoms with van der Waals surface area (Å²) in [4.78, 5) is 13.1. The third kappa shape index (κ3) is 3.23. The van der Waals surface area contributed by atoms with Crippen molar-refractivity contribution in [3.8, 4) is 11.1 Å². The number of alkyl halides is 4. The van der Waals surface area contributed by atoms with Gasteiger partial charge in [0.05, 0.1) is 0 Å². The largest absolute Gasteiger partial charge is 0.405 e. The highest BCUT2D eigenvalue weighted by Gasteiger charge is 2.48. The SMILES string of the molecule is O=C(NCC(F)(F)F)C1(C/C=C\CCl)c2ccccc2-c2ccccc21. The van der Waals surface area contributed by atoms with Crippen molar-refractivity contribution in [3.05, 3.63) is 71.8 Å². The first-order chi connectivity index (χ1) is 12.4. The Morgan fingerprint density at radius 2 is 1.54 bits per heavy atom. The predicted octanol–water partition coefficient (Wildman–Crippen LogP) is 4.82. The van der Waals surface area contributed by atoms with E-state index < -0.39 is 24.0 Å². The monoisotopic (exact) mass is 379 g/mol. The number of carbonyl (C=O) groups excluding carboxylic acids is 1. The van der Waals surface area contributed by atoms with Gasteiger partial charge in [-0.3, -0.25) is 4.79 Å². The van der Waals surface area contributed by atoms with E-state index in [1.165, 1.54) is 0 Å². The number of hydrogen-bond donors (Lipinski definition) is 1. The van der Waals surface area contributed by atoms with Crippen molar-refractivity contribution in [2.24, 2.45) is 0 Å². The van der Waals surface area contributed by atoms with Crippen molar-refractivity contribution in [3.63, 3.8) is 0 Å². The highest BCUT2D eigenvalue weighted by Crippen LogP contribution is 2.51. The molecule has 0 saturated heterocycles. The van der Waals surface area contributed by atoms with Gasteiger partial charge >= 0.3 is 6.18 Å². The van der Waals surface area contributed by atoms with Crippen LogP contribution in [0.5, 0.6) is 0 Å². The van der Waals surface area contributed by atoms with Gasteiger partial charge < -0.3 is 5.32 Å². The van der Waals surface area contributed by atoms with Crippen LogP contribution in [-0.2, 0) is 10.2 Å². The topological polar surface area (TPSA) is 29.1 Å². The van der Waals surface area contributed by atoms with Crippen LogP contribution < -0.4 is 5.32 Å². The lowest BCUT2D eigenvalue weighted by atomic mass is 9.74. The molecule has 136 valence electrons. The molecule has 26 heavy (non-hydrogen) atoms. The summed E-state index contributed by atoms with van der Waals surface area (Å²) in [6, 6.07) is 14.7. The molecule has 1 aliphatic carbocycles. The number of fused-ring (bicyclic) bond motifs is 3. The maximum absolute atomic E-state index is 13.1. The molecule has 0 bridgehead atoms. The number of hydrogen-bond acceptors (Lipinski definition) is 1. The van der Waals surface area contributed by atoms with Gasteiger partial charge in [0.2, 0.25) is 5.91 Å². The fourth-order valence-electron chi connectivity index (χ4n) is 3.54. The highest BCUT2D eigenvalue weighted by molar-refractivity contribution is 6.18. The molecule has 1 amide bonds. The van der Waals surface area contributed by atoms with Crippen molar-refractivity contribution < 1.29 is 18.0 Å². The first-order valence-electron chi connectivity index (χ1n) is 8.15. The number of allylic oxidation sites excluding steroid dienone is 2. The van der Waals surface area contributed by atoms with E-state index in [1.54, 1.807) is 36.4 Å². The Bertz CT molecular complexity index is 799. The van der Waals surface area contributed by atoms with Crippen LogP contribution in [-0.4, -0.2) is 24.5 Å². The standard InChI is InChI=1S/C20H17ClF3NO/c21-12-6-5-11-19(18(26)25-13-20(22,23)24)16-9-3-1-7-14(16)15-8-2-4-10-17(15)19/h1-10H,11-13H2,(H,25,26)/b6-5-. The molecule has 0 heterocycles. The maximum Gasteiger partial charge on any atom is 0.405 e. The Hall–Kier alpha value is -2.27. The minimum absolute atomic E-state index is 0.234. The number of carbonyl (C=O) groups is 1. The van der Waals surface area contributed by atoms with E-state index in [9.17, 15) is 18.0 Å². The quantitative estimate of drug-likeness (QED) is 0.586. The van der Waals surface area contributed by atoms with E-state index in [2.05, 4.69) is 5.32 Å². The molecule has 0 unspecified atom stereocenters. The van der Waals surface area contributed by atoms with Crippen molar-refractivity contribution in [2.45, 2.75) is 18.0 Å². The molecule has 0 radical (unpaired) electrons. The van der Waals surface area contributed by atoms with Crippen LogP contribution in [0.3, 0.4) is 0 Å². The molecule has 0 saturated carbocycles. The van der Waals surface area contributed by atoms with Gasteiger partial charge in [0.15, 0.2) is 0 Å². The van der Waals surface area contributed by atoms with Crippen molar-refractivity contribution >= 4 is 17.5 Å². The van der Waals surface area contributed by atoms with Crippen molar-refractivity contribution in [1.82, 2.24) is 5.32 Å². The Morgan fingerprint density at radius 1 is 1.00 bits per heavy atom. The summed E-state index contributed by atoms with van der Waals surface area (Å²) in [6.07, 6.45) is -0.791. The van der Waals surface area contributed by atoms with Crippen LogP contribution in [0.25, 0.3) is 11.1 Å². The lowest BCUT2D eigenvalue weighted by Crippen LogP contribution is -2.46. The Labute approximate surface area is 154 Å². The molecule has 2 nitrogen and oxygen atoms in total. The molecular formula is C20H17ClF3NO. The maximum atomic E-state index is 13.1. The average Bonchev–Trinajstić information content (AvgIpc) is 2.91. The third-order valence-electron chi connectivity index (χ3n) is 4.58. The van der Waals surface area contributed by atoms with Crippen LogP contribution in [0.1, 0.15) is 17.5 Å². The normalized spacial score (nSPS) is 14.9. The second kappa shape index (κ2) is 7.16. The van der Waals surface area contributed by atoms with E-state index in [-0.39, 0.29) is 12.3 Å². The van der Waals surface area contributed by atoms with Gasteiger partial charge in [-0.05, 0) is 28.7 Å². The van der Waals surface area contributed by atoms with E-state index >= 15 is 0 Å². The number of nitrogens with one attached hydrogen (secondary N) is 1. The summed E-state index contributed by atoms with van der Waals surface area (Å²) >= 11 is 5.70. The molecule has 0 fully saturated rings. The molecule has 3 rings (SSSR count). The molecule has 2 aromatic rings. The molecular weight excluding hydrogens is 363 g/mol. The van der Waals surface area contributed by atoms with Crippen LogP contribution >= 0.6 is 11.6 Å². The number of rotatable bonds is 5. The van der Waals surface area contributed by atoms with Crippen LogP contribution in [0.15, 0.2) is 60.7 Å². The zero-order chi connectivity index (χ0) is 18.8. The summed E-state index contributed by atoms with van der Waals surface area (Å²) in [7, 11) is 0. The average molecular weight is 380 g/mol. The molecule has 0 spiro atoms. The van der Waals surface area contributed by atoms with Crippen molar-refractivity contribution in [2.75, 3.05) is 12.4 Å². The van der Waals surface area contributed by atoms with Gasteiger partial charge in [-0.1, -0.05) is 60.7 Å². The van der Waals surface area contributed by atoms with E-state index in [0.717, 1.165) is 11.1 Å². The Kier molecular flexibility index (Phi) is 5.10. The lowest BCUT2D eigenvalue weighted by Gasteiger charge is -2.30. The summed E-state index contributed by atoms with van der Waals surface area (Å²) < 4.78 is 38.0. The lowest BCUT2D eigenvalue weighted by molar-refractivity contribution is -0.140. The minimum Gasteiger partial charge on any atom is -0.346 e. The van der Waals surface area contributed by atoms with Gasteiger partial charge in [0.1, 0.15) is 12.0 Å². The summed E-state index contributed by atoms with van der Waals surface area (Å²) in [5.41, 5.74) is 1.94. The second-order valence-corrected chi connectivity index (χ2v) is 6.43. The van der Waals surface area contributed by atoms with Gasteiger partial charge in [-0.25, -0.2) is 0 Å².